The van der Waals surface area contributed by atoms with Crippen molar-refractivity contribution in [2.45, 2.75) is 24.6 Å². The zero-order chi connectivity index (χ0) is 12.4. The van der Waals surface area contributed by atoms with Gasteiger partial charge in [0, 0.05) is 29.9 Å². The molecule has 0 radical (unpaired) electrons. The molecule has 4 heteroatoms. The van der Waals surface area contributed by atoms with E-state index < -0.39 is 0 Å². The summed E-state index contributed by atoms with van der Waals surface area (Å²) in [4.78, 5) is 2.15. The molecule has 0 amide bonds. The number of hydrogen-bond acceptors (Lipinski definition) is 3. The van der Waals surface area contributed by atoms with E-state index in [4.69, 9.17) is 0 Å². The lowest BCUT2D eigenvalue weighted by Gasteiger charge is -2.23. The molecule has 0 saturated carbocycles. The maximum atomic E-state index is 3.69. The van der Waals surface area contributed by atoms with Crippen LogP contribution in [0.4, 0.5) is 11.4 Å². The van der Waals surface area contributed by atoms with E-state index in [9.17, 15) is 0 Å². The summed E-state index contributed by atoms with van der Waals surface area (Å²) in [5, 5.41) is 4.39. The van der Waals surface area contributed by atoms with Gasteiger partial charge in [-0.3, -0.25) is 0 Å². The lowest BCUT2D eigenvalue weighted by molar-refractivity contribution is 0.724. The van der Waals surface area contributed by atoms with Crippen LogP contribution < -0.4 is 10.2 Å². The van der Waals surface area contributed by atoms with E-state index in [1.807, 2.05) is 0 Å². The van der Waals surface area contributed by atoms with Gasteiger partial charge in [0.15, 0.2) is 0 Å². The van der Waals surface area contributed by atoms with Gasteiger partial charge in [0.2, 0.25) is 0 Å². The Morgan fingerprint density at radius 3 is 2.76 bits per heavy atom. The molecule has 94 valence electrons. The van der Waals surface area contributed by atoms with E-state index in [1.54, 1.807) is 0 Å². The summed E-state index contributed by atoms with van der Waals surface area (Å²) in [6.07, 6.45) is 1.26. The molecule has 1 heterocycles. The number of nitrogens with zero attached hydrogens (tertiary/aromatic N) is 1. The van der Waals surface area contributed by atoms with Crippen LogP contribution >= 0.6 is 27.7 Å². The molecule has 2 rings (SSSR count). The fraction of sp³-hybridized carbons (Fsp3) is 0.538. The minimum atomic E-state index is 0.591. The highest BCUT2D eigenvalue weighted by Gasteiger charge is 2.24. The molecule has 1 aliphatic rings. The summed E-state index contributed by atoms with van der Waals surface area (Å²) in [6, 6.07) is 7.00. The Bertz CT molecular complexity index is 395. The van der Waals surface area contributed by atoms with Gasteiger partial charge >= 0.3 is 0 Å². The molecular weight excluding hydrogens is 296 g/mol. The first-order chi connectivity index (χ1) is 8.08. The molecule has 1 N–H and O–H groups in total. The van der Waals surface area contributed by atoms with Crippen LogP contribution in [-0.2, 0) is 0 Å². The van der Waals surface area contributed by atoms with Crippen molar-refractivity contribution in [2.75, 3.05) is 30.1 Å². The summed E-state index contributed by atoms with van der Waals surface area (Å²) < 4.78 is 1.13. The minimum Gasteiger partial charge on any atom is -0.379 e. The zero-order valence-corrected chi connectivity index (χ0v) is 12.9. The second-order valence-corrected chi connectivity index (χ2v) is 7.07. The Kier molecular flexibility index (Phi) is 4.26. The quantitative estimate of drug-likeness (QED) is 0.913. The van der Waals surface area contributed by atoms with Crippen molar-refractivity contribution in [1.29, 1.82) is 0 Å². The molecule has 1 aliphatic heterocycles. The Morgan fingerprint density at radius 2 is 2.18 bits per heavy atom. The standard InChI is InChI=1S/C13H19BrN2S/c1-9-11(6-7-17-9)15-12-8-10(14)4-5-13(12)16(2)3/h4-5,8-9,11,15H,6-7H2,1-3H3. The van der Waals surface area contributed by atoms with Gasteiger partial charge in [-0.25, -0.2) is 0 Å². The maximum Gasteiger partial charge on any atom is 0.0597 e. The first kappa shape index (κ1) is 13.1. The molecule has 1 aromatic carbocycles. The van der Waals surface area contributed by atoms with Crippen molar-refractivity contribution in [1.82, 2.24) is 0 Å². The van der Waals surface area contributed by atoms with E-state index >= 15 is 0 Å². The number of nitrogens with one attached hydrogen (secondary N) is 1. The predicted octanol–water partition coefficient (Wildman–Crippen LogP) is 3.82. The van der Waals surface area contributed by atoms with Crippen molar-refractivity contribution in [2.24, 2.45) is 0 Å². The predicted molar refractivity (Wildman–Crippen MR) is 82.4 cm³/mol. The normalized spacial score (nSPS) is 23.8. The smallest absolute Gasteiger partial charge is 0.0597 e. The molecule has 0 aromatic heterocycles. The number of anilines is 2. The summed E-state index contributed by atoms with van der Waals surface area (Å²) in [5.41, 5.74) is 2.47. The van der Waals surface area contributed by atoms with Gasteiger partial charge in [-0.05, 0) is 30.4 Å². The van der Waals surface area contributed by atoms with Crippen molar-refractivity contribution < 1.29 is 0 Å². The summed E-state index contributed by atoms with van der Waals surface area (Å²) in [6.45, 7) is 2.31. The van der Waals surface area contributed by atoms with Crippen molar-refractivity contribution in [3.63, 3.8) is 0 Å². The first-order valence-electron chi connectivity index (χ1n) is 5.93. The number of hydrogen-bond donors (Lipinski definition) is 1. The third kappa shape index (κ3) is 3.10. The van der Waals surface area contributed by atoms with E-state index in [0.29, 0.717) is 11.3 Å². The fourth-order valence-corrected chi connectivity index (χ4v) is 3.69. The van der Waals surface area contributed by atoms with Crippen LogP contribution in [0, 0.1) is 0 Å². The largest absolute Gasteiger partial charge is 0.379 e. The topological polar surface area (TPSA) is 15.3 Å². The highest BCUT2D eigenvalue weighted by molar-refractivity contribution is 9.10. The van der Waals surface area contributed by atoms with Gasteiger partial charge in [-0.15, -0.1) is 0 Å². The lowest BCUT2D eigenvalue weighted by Crippen LogP contribution is -2.26. The van der Waals surface area contributed by atoms with Gasteiger partial charge in [0.1, 0.15) is 0 Å². The van der Waals surface area contributed by atoms with E-state index in [2.05, 4.69) is 77.1 Å². The molecule has 17 heavy (non-hydrogen) atoms. The van der Waals surface area contributed by atoms with Crippen LogP contribution in [-0.4, -0.2) is 31.1 Å². The number of rotatable bonds is 3. The average molecular weight is 315 g/mol. The monoisotopic (exact) mass is 314 g/mol. The molecular formula is C13H19BrN2S. The van der Waals surface area contributed by atoms with Crippen LogP contribution in [0.5, 0.6) is 0 Å². The van der Waals surface area contributed by atoms with E-state index in [-0.39, 0.29) is 0 Å². The second kappa shape index (κ2) is 5.53. The van der Waals surface area contributed by atoms with Crippen LogP contribution in [0.1, 0.15) is 13.3 Å². The molecule has 2 nitrogen and oxygen atoms in total. The number of thioether (sulfide) groups is 1. The third-order valence-electron chi connectivity index (χ3n) is 3.16. The van der Waals surface area contributed by atoms with Crippen LogP contribution in [0.25, 0.3) is 0 Å². The van der Waals surface area contributed by atoms with Crippen molar-refractivity contribution in [3.8, 4) is 0 Å². The molecule has 0 spiro atoms. The summed E-state index contributed by atoms with van der Waals surface area (Å²) in [7, 11) is 4.17. The third-order valence-corrected chi connectivity index (χ3v) is 4.98. The average Bonchev–Trinajstić information content (AvgIpc) is 2.64. The van der Waals surface area contributed by atoms with Gasteiger partial charge in [0.25, 0.3) is 0 Å². The Morgan fingerprint density at radius 1 is 1.41 bits per heavy atom. The van der Waals surface area contributed by atoms with E-state index in [1.165, 1.54) is 23.5 Å². The number of halogens is 1. The van der Waals surface area contributed by atoms with Crippen LogP contribution in [0.2, 0.25) is 0 Å². The molecule has 2 atom stereocenters. The lowest BCUT2D eigenvalue weighted by atomic mass is 10.1. The maximum absolute atomic E-state index is 3.69. The minimum absolute atomic E-state index is 0.591. The van der Waals surface area contributed by atoms with Gasteiger partial charge in [0.05, 0.1) is 11.4 Å². The highest BCUT2D eigenvalue weighted by atomic mass is 79.9. The fourth-order valence-electron chi connectivity index (χ4n) is 2.13. The molecule has 1 fully saturated rings. The van der Waals surface area contributed by atoms with Crippen LogP contribution in [0.15, 0.2) is 22.7 Å². The molecule has 1 aromatic rings. The first-order valence-corrected chi connectivity index (χ1v) is 7.77. The van der Waals surface area contributed by atoms with Crippen LogP contribution in [0.3, 0.4) is 0 Å². The Balaban J connectivity index is 2.21. The summed E-state index contributed by atoms with van der Waals surface area (Å²) in [5.74, 6) is 1.27. The van der Waals surface area contributed by atoms with Crippen molar-refractivity contribution >= 4 is 39.1 Å². The number of benzene rings is 1. The highest BCUT2D eigenvalue weighted by Crippen LogP contribution is 2.33. The summed E-state index contributed by atoms with van der Waals surface area (Å²) >= 11 is 5.60. The Hall–Kier alpha value is -0.350. The molecule has 2 unspecified atom stereocenters. The molecule has 0 aliphatic carbocycles. The van der Waals surface area contributed by atoms with Gasteiger partial charge < -0.3 is 10.2 Å². The molecule has 1 saturated heterocycles. The van der Waals surface area contributed by atoms with Crippen molar-refractivity contribution in [3.05, 3.63) is 22.7 Å². The zero-order valence-electron chi connectivity index (χ0n) is 10.5. The van der Waals surface area contributed by atoms with Gasteiger partial charge in [-0.2, -0.15) is 11.8 Å². The van der Waals surface area contributed by atoms with E-state index in [0.717, 1.165) is 4.47 Å². The second-order valence-electron chi connectivity index (χ2n) is 4.67. The Labute approximate surface area is 116 Å². The molecule has 0 bridgehead atoms. The SMILES string of the molecule is CC1SCCC1Nc1cc(Br)ccc1N(C)C. The van der Waals surface area contributed by atoms with Gasteiger partial charge in [-0.1, -0.05) is 22.9 Å².